The molecule has 0 aliphatic heterocycles. The first-order chi connectivity index (χ1) is 12.1. The minimum Gasteiger partial charge on any atom is -0.496 e. The SMILES string of the molecule is COc1ccc(Br)c2c1-c1nc(N=Cc3ccc([N+](=O)[O-])o3)sc1C2. The van der Waals surface area contributed by atoms with Crippen LogP contribution in [0, 0.1) is 10.1 Å². The summed E-state index contributed by atoms with van der Waals surface area (Å²) in [6.45, 7) is 0. The van der Waals surface area contributed by atoms with Gasteiger partial charge in [0.25, 0.3) is 0 Å². The van der Waals surface area contributed by atoms with Gasteiger partial charge >= 0.3 is 5.88 Å². The van der Waals surface area contributed by atoms with Crippen LogP contribution in [0.1, 0.15) is 16.2 Å². The third-order valence-corrected chi connectivity index (χ3v) is 5.50. The molecule has 0 saturated heterocycles. The fourth-order valence-electron chi connectivity index (χ4n) is 2.70. The van der Waals surface area contributed by atoms with E-state index in [-0.39, 0.29) is 5.88 Å². The van der Waals surface area contributed by atoms with E-state index in [1.807, 2.05) is 12.1 Å². The Kier molecular flexibility index (Phi) is 3.89. The Morgan fingerprint density at radius 2 is 2.28 bits per heavy atom. The normalized spacial score (nSPS) is 12.4. The van der Waals surface area contributed by atoms with Crippen molar-refractivity contribution in [2.45, 2.75) is 6.42 Å². The zero-order valence-corrected chi connectivity index (χ0v) is 15.3. The van der Waals surface area contributed by atoms with E-state index >= 15 is 0 Å². The van der Waals surface area contributed by atoms with Crippen molar-refractivity contribution >= 4 is 44.5 Å². The summed E-state index contributed by atoms with van der Waals surface area (Å²) >= 11 is 5.05. The highest BCUT2D eigenvalue weighted by atomic mass is 79.9. The van der Waals surface area contributed by atoms with Crippen molar-refractivity contribution in [2.75, 3.05) is 7.11 Å². The van der Waals surface area contributed by atoms with E-state index in [1.54, 1.807) is 7.11 Å². The first-order valence-corrected chi connectivity index (χ1v) is 8.81. The summed E-state index contributed by atoms with van der Waals surface area (Å²) < 4.78 is 11.5. The molecule has 0 bridgehead atoms. The molecular formula is C16H10BrN3O4S. The molecule has 3 aromatic rings. The van der Waals surface area contributed by atoms with E-state index in [9.17, 15) is 10.1 Å². The Morgan fingerprint density at radius 1 is 1.44 bits per heavy atom. The topological polar surface area (TPSA) is 90.8 Å². The average Bonchev–Trinajstić information content (AvgIpc) is 3.27. The lowest BCUT2D eigenvalue weighted by Crippen LogP contribution is -1.90. The molecule has 0 radical (unpaired) electrons. The van der Waals surface area contributed by atoms with Crippen molar-refractivity contribution in [1.29, 1.82) is 0 Å². The van der Waals surface area contributed by atoms with Gasteiger partial charge in [0, 0.05) is 21.3 Å². The van der Waals surface area contributed by atoms with Gasteiger partial charge in [0.05, 0.1) is 25.1 Å². The number of methoxy groups -OCH3 is 1. The maximum absolute atomic E-state index is 10.6. The number of thiazole rings is 1. The predicted octanol–water partition coefficient (Wildman–Crippen LogP) is 4.74. The molecule has 0 amide bonds. The number of nitro groups is 1. The summed E-state index contributed by atoms with van der Waals surface area (Å²) in [4.78, 5) is 20.0. The van der Waals surface area contributed by atoms with Gasteiger partial charge in [-0.15, -0.1) is 0 Å². The van der Waals surface area contributed by atoms with Crippen LogP contribution in [-0.2, 0) is 6.42 Å². The molecule has 0 fully saturated rings. The van der Waals surface area contributed by atoms with E-state index in [1.165, 1.54) is 29.7 Å². The van der Waals surface area contributed by atoms with Crippen molar-refractivity contribution in [3.63, 3.8) is 0 Å². The maximum atomic E-state index is 10.6. The fraction of sp³-hybridized carbons (Fsp3) is 0.125. The van der Waals surface area contributed by atoms with Gasteiger partial charge < -0.3 is 9.15 Å². The standard InChI is InChI=1S/C16H10BrN3O4S/c1-23-11-4-3-10(17)9-6-12-15(14(9)11)19-16(25-12)18-7-8-2-5-13(24-8)20(21)22/h2-5,7H,6H2,1H3. The van der Waals surface area contributed by atoms with E-state index in [0.29, 0.717) is 10.9 Å². The largest absolute Gasteiger partial charge is 0.496 e. The molecule has 0 saturated carbocycles. The highest BCUT2D eigenvalue weighted by Gasteiger charge is 2.28. The Morgan fingerprint density at radius 3 is 3.00 bits per heavy atom. The number of benzene rings is 1. The third-order valence-electron chi connectivity index (χ3n) is 3.79. The summed E-state index contributed by atoms with van der Waals surface area (Å²) in [5.74, 6) is 0.772. The van der Waals surface area contributed by atoms with Gasteiger partial charge in [-0.2, -0.15) is 0 Å². The zero-order chi connectivity index (χ0) is 17.6. The van der Waals surface area contributed by atoms with E-state index in [2.05, 4.69) is 25.9 Å². The lowest BCUT2D eigenvalue weighted by Gasteiger charge is -2.08. The maximum Gasteiger partial charge on any atom is 0.433 e. The van der Waals surface area contributed by atoms with E-state index in [4.69, 9.17) is 9.15 Å². The molecule has 0 spiro atoms. The number of hydrogen-bond acceptors (Lipinski definition) is 7. The summed E-state index contributed by atoms with van der Waals surface area (Å²) in [7, 11) is 1.64. The summed E-state index contributed by atoms with van der Waals surface area (Å²) in [5, 5.41) is 11.2. The van der Waals surface area contributed by atoms with Gasteiger partial charge in [0.2, 0.25) is 5.13 Å². The molecular weight excluding hydrogens is 410 g/mol. The van der Waals surface area contributed by atoms with Crippen LogP contribution < -0.4 is 4.74 Å². The first-order valence-electron chi connectivity index (χ1n) is 7.20. The van der Waals surface area contributed by atoms with Gasteiger partial charge in [0.15, 0.2) is 5.76 Å². The summed E-state index contributed by atoms with van der Waals surface area (Å²) in [6, 6.07) is 6.67. The van der Waals surface area contributed by atoms with Crippen LogP contribution in [-0.4, -0.2) is 23.2 Å². The molecule has 0 atom stereocenters. The third kappa shape index (κ3) is 2.75. The Bertz CT molecular complexity index is 1020. The minimum atomic E-state index is -0.587. The fourth-order valence-corrected chi connectivity index (χ4v) is 4.10. The molecule has 9 heteroatoms. The molecule has 0 N–H and O–H groups in total. The first kappa shape index (κ1) is 16.0. The zero-order valence-electron chi connectivity index (χ0n) is 12.9. The second kappa shape index (κ2) is 6.08. The number of ether oxygens (including phenoxy) is 1. The molecule has 126 valence electrons. The number of hydrogen-bond donors (Lipinski definition) is 0. The van der Waals surface area contributed by atoms with Crippen LogP contribution in [0.5, 0.6) is 5.75 Å². The van der Waals surface area contributed by atoms with Gasteiger partial charge in [-0.1, -0.05) is 27.3 Å². The van der Waals surface area contributed by atoms with E-state index < -0.39 is 4.92 Å². The second-order valence-corrected chi connectivity index (χ2v) is 7.16. The van der Waals surface area contributed by atoms with E-state index in [0.717, 1.165) is 38.3 Å². The molecule has 7 nitrogen and oxygen atoms in total. The number of furan rings is 1. The lowest BCUT2D eigenvalue weighted by atomic mass is 10.1. The number of aliphatic imine (C=N–C) groups is 1. The Labute approximate surface area is 154 Å². The Hall–Kier alpha value is -2.52. The summed E-state index contributed by atoms with van der Waals surface area (Å²) in [5.41, 5.74) is 3.01. The van der Waals surface area contributed by atoms with Crippen molar-refractivity contribution in [2.24, 2.45) is 4.99 Å². The highest BCUT2D eigenvalue weighted by molar-refractivity contribution is 9.10. The molecule has 1 aliphatic carbocycles. The molecule has 25 heavy (non-hydrogen) atoms. The molecule has 1 aliphatic rings. The second-order valence-electron chi connectivity index (χ2n) is 5.24. The number of fused-ring (bicyclic) bond motifs is 3. The van der Waals surface area contributed by atoms with Crippen molar-refractivity contribution in [3.05, 3.63) is 55.1 Å². The van der Waals surface area contributed by atoms with Gasteiger partial charge in [-0.05, 0) is 23.8 Å². The van der Waals surface area contributed by atoms with Gasteiger partial charge in [0.1, 0.15) is 10.7 Å². The molecule has 1 aromatic carbocycles. The number of halogens is 1. The Balaban J connectivity index is 1.66. The number of rotatable bonds is 4. The predicted molar refractivity (Wildman–Crippen MR) is 97.2 cm³/mol. The average molecular weight is 420 g/mol. The highest BCUT2D eigenvalue weighted by Crippen LogP contribution is 2.48. The van der Waals surface area contributed by atoms with Crippen LogP contribution in [0.25, 0.3) is 11.3 Å². The molecule has 0 unspecified atom stereocenters. The monoisotopic (exact) mass is 419 g/mol. The van der Waals surface area contributed by atoms with Gasteiger partial charge in [-0.3, -0.25) is 10.1 Å². The van der Waals surface area contributed by atoms with Crippen LogP contribution in [0.2, 0.25) is 0 Å². The van der Waals surface area contributed by atoms with Crippen molar-refractivity contribution in [3.8, 4) is 17.0 Å². The van der Waals surface area contributed by atoms with Crippen molar-refractivity contribution < 1.29 is 14.1 Å². The summed E-state index contributed by atoms with van der Waals surface area (Å²) in [6.07, 6.45) is 2.20. The van der Waals surface area contributed by atoms with Crippen LogP contribution in [0.4, 0.5) is 11.0 Å². The molecule has 2 aromatic heterocycles. The van der Waals surface area contributed by atoms with Crippen LogP contribution >= 0.6 is 27.3 Å². The minimum absolute atomic E-state index is 0.308. The lowest BCUT2D eigenvalue weighted by molar-refractivity contribution is -0.402. The number of nitrogens with zero attached hydrogens (tertiary/aromatic N) is 3. The molecule has 4 rings (SSSR count). The quantitative estimate of drug-likeness (QED) is 0.270. The van der Waals surface area contributed by atoms with Gasteiger partial charge in [-0.25, -0.2) is 9.98 Å². The van der Waals surface area contributed by atoms with Crippen molar-refractivity contribution in [1.82, 2.24) is 4.98 Å². The van der Waals surface area contributed by atoms with Crippen LogP contribution in [0.15, 0.2) is 38.1 Å². The van der Waals surface area contributed by atoms with Crippen LogP contribution in [0.3, 0.4) is 0 Å². The molecule has 2 heterocycles. The smallest absolute Gasteiger partial charge is 0.433 e. The number of aromatic nitrogens is 1.